The molecule has 0 unspecified atom stereocenters. The van der Waals surface area contributed by atoms with Crippen molar-refractivity contribution >= 4 is 32.7 Å². The first-order chi connectivity index (χ1) is 7.84. The average molecular weight is 282 g/mol. The van der Waals surface area contributed by atoms with Crippen molar-refractivity contribution in [1.29, 1.82) is 0 Å². The zero-order valence-corrected chi connectivity index (χ0v) is 10.3. The van der Waals surface area contributed by atoms with Crippen molar-refractivity contribution in [2.45, 2.75) is 0 Å². The summed E-state index contributed by atoms with van der Waals surface area (Å²) < 4.78 is 6.46. The summed E-state index contributed by atoms with van der Waals surface area (Å²) in [6, 6.07) is 6.04. The number of nitrogens with one attached hydrogen (secondary N) is 1. The minimum absolute atomic E-state index is 0.893. The van der Waals surface area contributed by atoms with Crippen molar-refractivity contribution < 1.29 is 4.52 Å². The third kappa shape index (κ3) is 1.70. The van der Waals surface area contributed by atoms with Crippen molar-refractivity contribution in [3.63, 3.8) is 0 Å². The molecule has 2 aromatic rings. The lowest BCUT2D eigenvalue weighted by Gasteiger charge is -2.26. The summed E-state index contributed by atoms with van der Waals surface area (Å²) in [6.45, 7) is 3.94. The highest BCUT2D eigenvalue weighted by atomic mass is 79.9. The van der Waals surface area contributed by atoms with Gasteiger partial charge < -0.3 is 14.7 Å². The Morgan fingerprint density at radius 2 is 2.12 bits per heavy atom. The van der Waals surface area contributed by atoms with Crippen molar-refractivity contribution in [1.82, 2.24) is 10.5 Å². The standard InChI is InChI=1S/C11H12BrN3O/c12-8-1-2-9-10(7-8)14-16-11(9)15-5-3-13-4-6-15/h1-2,7,13H,3-6H2. The fourth-order valence-electron chi connectivity index (χ4n) is 2.00. The molecule has 5 heteroatoms. The van der Waals surface area contributed by atoms with Gasteiger partial charge in [-0.25, -0.2) is 0 Å². The van der Waals surface area contributed by atoms with Crippen molar-refractivity contribution in [3.8, 4) is 0 Å². The zero-order chi connectivity index (χ0) is 11.0. The Morgan fingerprint density at radius 3 is 2.94 bits per heavy atom. The first-order valence-corrected chi connectivity index (χ1v) is 6.14. The van der Waals surface area contributed by atoms with Crippen molar-refractivity contribution in [3.05, 3.63) is 22.7 Å². The van der Waals surface area contributed by atoms with Gasteiger partial charge in [0.15, 0.2) is 0 Å². The molecule has 0 saturated carbocycles. The molecule has 2 heterocycles. The van der Waals surface area contributed by atoms with Crippen LogP contribution in [0.1, 0.15) is 0 Å². The highest BCUT2D eigenvalue weighted by Gasteiger charge is 2.17. The van der Waals surface area contributed by atoms with Gasteiger partial charge in [-0.05, 0) is 18.2 Å². The second-order valence-electron chi connectivity index (χ2n) is 3.89. The van der Waals surface area contributed by atoms with Crippen LogP contribution in [0.5, 0.6) is 0 Å². The van der Waals surface area contributed by atoms with E-state index >= 15 is 0 Å². The third-order valence-corrected chi connectivity index (χ3v) is 3.32. The summed E-state index contributed by atoms with van der Waals surface area (Å²) in [7, 11) is 0. The Kier molecular flexibility index (Phi) is 2.57. The monoisotopic (exact) mass is 281 g/mol. The number of piperazine rings is 1. The van der Waals surface area contributed by atoms with E-state index in [0.29, 0.717) is 0 Å². The molecule has 1 fully saturated rings. The molecule has 0 spiro atoms. The van der Waals surface area contributed by atoms with Gasteiger partial charge in [0.2, 0.25) is 5.88 Å². The highest BCUT2D eigenvalue weighted by molar-refractivity contribution is 9.10. The molecular weight excluding hydrogens is 270 g/mol. The SMILES string of the molecule is Brc1ccc2c(N3CCNCC3)onc2c1. The number of hydrogen-bond donors (Lipinski definition) is 1. The smallest absolute Gasteiger partial charge is 0.235 e. The lowest BCUT2D eigenvalue weighted by Crippen LogP contribution is -2.43. The molecule has 0 bridgehead atoms. The Balaban J connectivity index is 2.03. The molecule has 0 atom stereocenters. The van der Waals surface area contributed by atoms with E-state index in [1.54, 1.807) is 0 Å². The molecule has 1 aromatic carbocycles. The molecule has 4 nitrogen and oxygen atoms in total. The maximum Gasteiger partial charge on any atom is 0.235 e. The molecule has 84 valence electrons. The van der Waals surface area contributed by atoms with Gasteiger partial charge in [-0.3, -0.25) is 0 Å². The summed E-state index contributed by atoms with van der Waals surface area (Å²) >= 11 is 3.43. The zero-order valence-electron chi connectivity index (χ0n) is 8.74. The van der Waals surface area contributed by atoms with Crippen LogP contribution in [0.25, 0.3) is 10.9 Å². The number of anilines is 1. The number of halogens is 1. The van der Waals surface area contributed by atoms with Crippen LogP contribution in [-0.4, -0.2) is 31.3 Å². The molecule has 1 saturated heterocycles. The van der Waals surface area contributed by atoms with E-state index in [2.05, 4.69) is 31.3 Å². The van der Waals surface area contributed by atoms with Crippen LogP contribution in [0.15, 0.2) is 27.2 Å². The van der Waals surface area contributed by atoms with E-state index in [9.17, 15) is 0 Å². The van der Waals surface area contributed by atoms with Gasteiger partial charge in [0.1, 0.15) is 5.52 Å². The average Bonchev–Trinajstić information content (AvgIpc) is 2.73. The first-order valence-electron chi connectivity index (χ1n) is 5.35. The van der Waals surface area contributed by atoms with E-state index in [0.717, 1.165) is 47.4 Å². The molecular formula is C11H12BrN3O. The second kappa shape index (κ2) is 4.07. The number of fused-ring (bicyclic) bond motifs is 1. The van der Waals surface area contributed by atoms with E-state index in [1.807, 2.05) is 18.2 Å². The molecule has 1 aliphatic rings. The van der Waals surface area contributed by atoms with Gasteiger partial charge >= 0.3 is 0 Å². The molecule has 0 radical (unpaired) electrons. The first kappa shape index (κ1) is 10.1. The summed E-state index contributed by atoms with van der Waals surface area (Å²) in [5.41, 5.74) is 0.905. The van der Waals surface area contributed by atoms with Gasteiger partial charge in [0, 0.05) is 30.7 Å². The number of benzene rings is 1. The van der Waals surface area contributed by atoms with Crippen molar-refractivity contribution in [2.75, 3.05) is 31.1 Å². The summed E-state index contributed by atoms with van der Waals surface area (Å²) in [4.78, 5) is 2.24. The fraction of sp³-hybridized carbons (Fsp3) is 0.364. The summed E-state index contributed by atoms with van der Waals surface area (Å²) in [5.74, 6) is 0.893. The maximum absolute atomic E-state index is 5.44. The predicted octanol–water partition coefficient (Wildman–Crippen LogP) is 2.00. The molecule has 1 aliphatic heterocycles. The number of hydrogen-bond acceptors (Lipinski definition) is 4. The molecule has 0 aliphatic carbocycles. The second-order valence-corrected chi connectivity index (χ2v) is 4.80. The lowest BCUT2D eigenvalue weighted by molar-refractivity contribution is 0.414. The Labute approximate surface area is 102 Å². The van der Waals surface area contributed by atoms with Crippen LogP contribution in [0, 0.1) is 0 Å². The molecule has 1 aromatic heterocycles. The quantitative estimate of drug-likeness (QED) is 0.868. The van der Waals surface area contributed by atoms with E-state index < -0.39 is 0 Å². The van der Waals surface area contributed by atoms with E-state index in [1.165, 1.54) is 0 Å². The van der Waals surface area contributed by atoms with Crippen LogP contribution in [-0.2, 0) is 0 Å². The van der Waals surface area contributed by atoms with Crippen LogP contribution >= 0.6 is 15.9 Å². The van der Waals surface area contributed by atoms with Crippen molar-refractivity contribution in [2.24, 2.45) is 0 Å². The predicted molar refractivity (Wildman–Crippen MR) is 66.8 cm³/mol. The fourth-order valence-corrected chi connectivity index (χ4v) is 2.35. The van der Waals surface area contributed by atoms with Gasteiger partial charge in [0.05, 0.1) is 5.39 Å². The van der Waals surface area contributed by atoms with E-state index in [4.69, 9.17) is 4.52 Å². The van der Waals surface area contributed by atoms with Crippen LogP contribution in [0.2, 0.25) is 0 Å². The maximum atomic E-state index is 5.44. The van der Waals surface area contributed by atoms with Gasteiger partial charge in [-0.2, -0.15) is 0 Å². The van der Waals surface area contributed by atoms with E-state index in [-0.39, 0.29) is 0 Å². The number of nitrogens with zero attached hydrogens (tertiary/aromatic N) is 2. The summed E-state index contributed by atoms with van der Waals surface area (Å²) in [5, 5.41) is 8.50. The molecule has 1 N–H and O–H groups in total. The summed E-state index contributed by atoms with van der Waals surface area (Å²) in [6.07, 6.45) is 0. The van der Waals surface area contributed by atoms with Crippen LogP contribution in [0.3, 0.4) is 0 Å². The van der Waals surface area contributed by atoms with Gasteiger partial charge in [-0.15, -0.1) is 0 Å². The molecule has 16 heavy (non-hydrogen) atoms. The topological polar surface area (TPSA) is 41.3 Å². The minimum Gasteiger partial charge on any atom is -0.338 e. The number of aromatic nitrogens is 1. The normalized spacial score (nSPS) is 16.9. The Morgan fingerprint density at radius 1 is 1.31 bits per heavy atom. The Hall–Kier alpha value is -1.07. The van der Waals surface area contributed by atoms with Gasteiger partial charge in [-0.1, -0.05) is 21.1 Å². The highest BCUT2D eigenvalue weighted by Crippen LogP contribution is 2.28. The third-order valence-electron chi connectivity index (χ3n) is 2.82. The molecule has 3 rings (SSSR count). The van der Waals surface area contributed by atoms with Crippen LogP contribution in [0.4, 0.5) is 5.88 Å². The number of rotatable bonds is 1. The molecule has 0 amide bonds. The lowest BCUT2D eigenvalue weighted by atomic mass is 10.2. The largest absolute Gasteiger partial charge is 0.338 e. The Bertz CT molecular complexity index is 505. The minimum atomic E-state index is 0.893. The van der Waals surface area contributed by atoms with Crippen LogP contribution < -0.4 is 10.2 Å². The van der Waals surface area contributed by atoms with Gasteiger partial charge in [0.25, 0.3) is 0 Å².